The molecule has 2 aliphatic heterocycles. The molecule has 1 saturated heterocycles. The molecule has 2 heterocycles. The molecule has 11 heteroatoms. The summed E-state index contributed by atoms with van der Waals surface area (Å²) >= 11 is 0. The number of amidine groups is 1. The predicted molar refractivity (Wildman–Crippen MR) is 154 cm³/mol. The van der Waals surface area contributed by atoms with Gasteiger partial charge in [-0.25, -0.2) is 4.99 Å². The highest BCUT2D eigenvalue weighted by Crippen LogP contribution is 2.39. The Balaban J connectivity index is 1.70. The monoisotopic (exact) mass is 545 g/mol. The third-order valence-electron chi connectivity index (χ3n) is 7.02. The number of nitroso groups, excluding NO2 is 1. The molecule has 2 aromatic carbocycles. The Labute approximate surface area is 233 Å². The van der Waals surface area contributed by atoms with E-state index in [2.05, 4.69) is 20.5 Å². The van der Waals surface area contributed by atoms with Gasteiger partial charge in [0.1, 0.15) is 5.75 Å². The number of carbonyl (C=O) groups is 2. The van der Waals surface area contributed by atoms with E-state index in [1.165, 1.54) is 0 Å². The summed E-state index contributed by atoms with van der Waals surface area (Å²) in [6.45, 7) is 4.70. The van der Waals surface area contributed by atoms with Gasteiger partial charge in [0.05, 0.1) is 19.3 Å². The standard InChI is InChI=1S/C29H35N7O4/c1-3-12-35(15-6-11-31-39)29(38)23-16-22-17-26(40-2)24(19-25(22)32-27(18-23)33-34-30)20-7-9-21(10-8-20)28(37)36-13-4-5-14-36/h7-10,16-17,19H,3-6,11-15,18H2,1-2H3,(H2,30,32,33). The molecule has 2 aromatic rings. The highest BCUT2D eigenvalue weighted by Gasteiger charge is 2.24. The van der Waals surface area contributed by atoms with Gasteiger partial charge in [0, 0.05) is 54.9 Å². The van der Waals surface area contributed by atoms with E-state index in [1.54, 1.807) is 18.1 Å². The second-order valence-corrected chi connectivity index (χ2v) is 9.78. The Bertz CT molecular complexity index is 1330. The average Bonchev–Trinajstić information content (AvgIpc) is 3.45. The minimum Gasteiger partial charge on any atom is -0.496 e. The second-order valence-electron chi connectivity index (χ2n) is 9.78. The third-order valence-corrected chi connectivity index (χ3v) is 7.02. The highest BCUT2D eigenvalue weighted by atomic mass is 16.5. The molecule has 0 unspecified atom stereocenters. The first-order valence-electron chi connectivity index (χ1n) is 13.6. The normalized spacial score (nSPS) is 14.8. The number of rotatable bonds is 10. The van der Waals surface area contributed by atoms with Gasteiger partial charge >= 0.3 is 0 Å². The summed E-state index contributed by atoms with van der Waals surface area (Å²) in [4.78, 5) is 45.2. The first-order chi connectivity index (χ1) is 19.5. The Morgan fingerprint density at radius 3 is 2.52 bits per heavy atom. The van der Waals surface area contributed by atoms with Crippen LogP contribution < -0.4 is 10.6 Å². The Hall–Kier alpha value is -4.41. The first-order valence-corrected chi connectivity index (χ1v) is 13.6. The van der Waals surface area contributed by atoms with Crippen molar-refractivity contribution in [3.63, 3.8) is 0 Å². The summed E-state index contributed by atoms with van der Waals surface area (Å²) < 4.78 is 5.74. The van der Waals surface area contributed by atoms with E-state index < -0.39 is 0 Å². The Kier molecular flexibility index (Phi) is 9.71. The van der Waals surface area contributed by atoms with Gasteiger partial charge in [-0.3, -0.25) is 9.59 Å². The van der Waals surface area contributed by atoms with Crippen LogP contribution in [0, 0.1) is 4.91 Å². The van der Waals surface area contributed by atoms with E-state index in [-0.39, 0.29) is 24.8 Å². The van der Waals surface area contributed by atoms with Crippen LogP contribution in [0.3, 0.4) is 0 Å². The molecular weight excluding hydrogens is 510 g/mol. The number of aliphatic imine (C=N–C) groups is 1. The number of methoxy groups -OCH3 is 1. The maximum Gasteiger partial charge on any atom is 0.253 e. The second kappa shape index (κ2) is 13.6. The molecule has 4 rings (SSSR count). The molecule has 2 N–H and O–H groups in total. The van der Waals surface area contributed by atoms with E-state index >= 15 is 0 Å². The summed E-state index contributed by atoms with van der Waals surface area (Å²) in [5.74, 6) is 6.14. The molecule has 2 aliphatic rings. The summed E-state index contributed by atoms with van der Waals surface area (Å²) in [6, 6.07) is 11.2. The van der Waals surface area contributed by atoms with Crippen molar-refractivity contribution < 1.29 is 14.3 Å². The summed E-state index contributed by atoms with van der Waals surface area (Å²) in [7, 11) is 1.59. The van der Waals surface area contributed by atoms with Gasteiger partial charge in [-0.05, 0) is 61.6 Å². The molecule has 0 radical (unpaired) electrons. The molecule has 1 fully saturated rings. The zero-order chi connectivity index (χ0) is 28.5. The van der Waals surface area contributed by atoms with Crippen molar-refractivity contribution in [1.29, 1.82) is 0 Å². The number of nitrogens with two attached hydrogens (primary N) is 1. The van der Waals surface area contributed by atoms with Gasteiger partial charge in [-0.1, -0.05) is 29.5 Å². The van der Waals surface area contributed by atoms with E-state index in [0.29, 0.717) is 53.5 Å². The van der Waals surface area contributed by atoms with Crippen molar-refractivity contribution in [2.24, 2.45) is 26.3 Å². The van der Waals surface area contributed by atoms with E-state index in [0.717, 1.165) is 43.5 Å². The third kappa shape index (κ3) is 6.59. The number of ether oxygens (including phenoxy) is 1. The number of carbonyl (C=O) groups excluding carboxylic acids is 2. The summed E-state index contributed by atoms with van der Waals surface area (Å²) in [6.07, 6.45) is 5.28. The van der Waals surface area contributed by atoms with Crippen LogP contribution in [0.25, 0.3) is 17.2 Å². The van der Waals surface area contributed by atoms with Crippen LogP contribution in [0.2, 0.25) is 0 Å². The number of benzene rings is 2. The predicted octanol–water partition coefficient (Wildman–Crippen LogP) is 5.14. The fourth-order valence-electron chi connectivity index (χ4n) is 5.05. The van der Waals surface area contributed by atoms with Gasteiger partial charge in [-0.2, -0.15) is 4.91 Å². The molecule has 0 spiro atoms. The maximum absolute atomic E-state index is 13.5. The molecule has 40 heavy (non-hydrogen) atoms. The lowest BCUT2D eigenvalue weighted by Gasteiger charge is -2.23. The first kappa shape index (κ1) is 28.6. The topological polar surface area (TPSA) is 142 Å². The molecule has 210 valence electrons. The number of hydrogen-bond acceptors (Lipinski definition) is 8. The van der Waals surface area contributed by atoms with Crippen molar-refractivity contribution in [2.75, 3.05) is 39.8 Å². The molecular formula is C29H35N7O4. The average molecular weight is 546 g/mol. The van der Waals surface area contributed by atoms with Crippen molar-refractivity contribution in [3.05, 3.63) is 58.0 Å². The molecule has 0 aliphatic carbocycles. The smallest absolute Gasteiger partial charge is 0.253 e. The minimum atomic E-state index is -0.165. The zero-order valence-corrected chi connectivity index (χ0v) is 23.0. The van der Waals surface area contributed by atoms with Crippen LogP contribution in [-0.4, -0.2) is 67.3 Å². The quantitative estimate of drug-likeness (QED) is 0.145. The lowest BCUT2D eigenvalue weighted by Crippen LogP contribution is -2.34. The lowest BCUT2D eigenvalue weighted by atomic mass is 9.98. The summed E-state index contributed by atoms with van der Waals surface area (Å²) in [5, 5.41) is 10.3. The lowest BCUT2D eigenvalue weighted by molar-refractivity contribution is -0.127. The van der Waals surface area contributed by atoms with Crippen LogP contribution in [0.15, 0.2) is 62.5 Å². The van der Waals surface area contributed by atoms with Gasteiger partial charge in [0.2, 0.25) is 5.91 Å². The van der Waals surface area contributed by atoms with Crippen molar-refractivity contribution in [3.8, 4) is 16.9 Å². The van der Waals surface area contributed by atoms with Crippen LogP contribution in [0.4, 0.5) is 5.69 Å². The largest absolute Gasteiger partial charge is 0.496 e. The number of fused-ring (bicyclic) bond motifs is 1. The Morgan fingerprint density at radius 1 is 1.12 bits per heavy atom. The van der Waals surface area contributed by atoms with E-state index in [4.69, 9.17) is 10.6 Å². The molecule has 2 amide bonds. The fourth-order valence-corrected chi connectivity index (χ4v) is 5.05. The molecule has 0 aromatic heterocycles. The van der Waals surface area contributed by atoms with Crippen molar-refractivity contribution >= 4 is 29.4 Å². The highest BCUT2D eigenvalue weighted by molar-refractivity contribution is 6.06. The summed E-state index contributed by atoms with van der Waals surface area (Å²) in [5.41, 5.74) is 4.05. The van der Waals surface area contributed by atoms with Gasteiger partial charge in [-0.15, -0.1) is 5.11 Å². The maximum atomic E-state index is 13.5. The molecule has 0 saturated carbocycles. The molecule has 11 nitrogen and oxygen atoms in total. The van der Waals surface area contributed by atoms with Crippen LogP contribution >= 0.6 is 0 Å². The van der Waals surface area contributed by atoms with E-state index in [9.17, 15) is 14.5 Å². The number of amides is 2. The molecule has 0 bridgehead atoms. The minimum absolute atomic E-state index is 0.0428. The van der Waals surface area contributed by atoms with Crippen LogP contribution in [0.1, 0.15) is 54.9 Å². The van der Waals surface area contributed by atoms with Gasteiger partial charge in [0.25, 0.3) is 5.91 Å². The van der Waals surface area contributed by atoms with Gasteiger partial charge < -0.3 is 20.4 Å². The number of nitrogens with zero attached hydrogens (tertiary/aromatic N) is 6. The fraction of sp³-hybridized carbons (Fsp3) is 0.414. The van der Waals surface area contributed by atoms with Crippen molar-refractivity contribution in [2.45, 2.75) is 39.0 Å². The Morgan fingerprint density at radius 2 is 1.88 bits per heavy atom. The van der Waals surface area contributed by atoms with Crippen LogP contribution in [0.5, 0.6) is 5.75 Å². The number of hydrogen-bond donors (Lipinski definition) is 1. The SMILES string of the molecule is CCCN(CCCN=O)C(=O)C1=Cc2cc(OC)c(-c3ccc(C(=O)N4CCCC4)cc3)cc2N=C(N=NN)C1. The van der Waals surface area contributed by atoms with Crippen LogP contribution in [-0.2, 0) is 4.79 Å². The van der Waals surface area contributed by atoms with E-state index in [1.807, 2.05) is 48.2 Å². The zero-order valence-electron chi connectivity index (χ0n) is 23.0. The van der Waals surface area contributed by atoms with Gasteiger partial charge in [0.15, 0.2) is 5.84 Å². The number of likely N-dealkylation sites (tertiary alicyclic amines) is 1. The molecule has 0 atom stereocenters. The van der Waals surface area contributed by atoms with Crippen molar-refractivity contribution in [1.82, 2.24) is 9.80 Å².